The number of ether oxygens (including phenoxy) is 2. The normalized spacial score (nSPS) is 24.4. The Morgan fingerprint density at radius 2 is 1.92 bits per heavy atom. The van der Waals surface area contributed by atoms with Gasteiger partial charge in [-0.3, -0.25) is 9.69 Å². The standard InChI is InChI=1S/C19H28N2O4/c1-24-15-7-6-14(18(13-15)25-2)12-19(23)21-10-8-20(9-11-21)16-4-3-5-17(16)22/h6-7,13,16-17,22H,3-5,8-12H2,1-2H3/t16-,17-/m1/s1. The molecule has 1 aromatic rings. The van der Waals surface area contributed by atoms with Crippen molar-refractivity contribution in [3.8, 4) is 11.5 Å². The van der Waals surface area contributed by atoms with Gasteiger partial charge in [-0.15, -0.1) is 0 Å². The summed E-state index contributed by atoms with van der Waals surface area (Å²) >= 11 is 0. The summed E-state index contributed by atoms with van der Waals surface area (Å²) in [5.41, 5.74) is 0.877. The van der Waals surface area contributed by atoms with Gasteiger partial charge in [0.15, 0.2) is 0 Å². The van der Waals surface area contributed by atoms with E-state index in [1.165, 1.54) is 0 Å². The molecular formula is C19H28N2O4. The number of carbonyl (C=O) groups excluding carboxylic acids is 1. The topological polar surface area (TPSA) is 62.2 Å². The predicted octanol–water partition coefficient (Wildman–Crippen LogP) is 1.30. The van der Waals surface area contributed by atoms with Gasteiger partial charge in [-0.25, -0.2) is 0 Å². The summed E-state index contributed by atoms with van der Waals surface area (Å²) in [6, 6.07) is 5.83. The molecule has 0 radical (unpaired) electrons. The van der Waals surface area contributed by atoms with E-state index in [1.54, 1.807) is 14.2 Å². The zero-order valence-corrected chi connectivity index (χ0v) is 15.1. The average Bonchev–Trinajstić information content (AvgIpc) is 3.08. The molecule has 1 amide bonds. The Bertz CT molecular complexity index is 599. The molecule has 0 unspecified atom stereocenters. The molecule has 1 heterocycles. The first-order valence-electron chi connectivity index (χ1n) is 9.03. The van der Waals surface area contributed by atoms with Crippen LogP contribution in [0, 0.1) is 0 Å². The van der Waals surface area contributed by atoms with Gasteiger partial charge in [0, 0.05) is 43.9 Å². The molecule has 1 aromatic carbocycles. The number of aliphatic hydroxyl groups is 1. The Hall–Kier alpha value is -1.79. The molecule has 0 spiro atoms. The second-order valence-electron chi connectivity index (χ2n) is 6.84. The number of piperazine rings is 1. The first-order valence-corrected chi connectivity index (χ1v) is 9.03. The molecule has 0 bridgehead atoms. The summed E-state index contributed by atoms with van der Waals surface area (Å²) in [6.45, 7) is 3.13. The van der Waals surface area contributed by atoms with Crippen molar-refractivity contribution in [3.05, 3.63) is 23.8 Å². The molecule has 1 saturated heterocycles. The van der Waals surface area contributed by atoms with Gasteiger partial charge in [0.05, 0.1) is 26.7 Å². The van der Waals surface area contributed by atoms with Gasteiger partial charge >= 0.3 is 0 Å². The van der Waals surface area contributed by atoms with Crippen molar-refractivity contribution in [2.75, 3.05) is 40.4 Å². The Morgan fingerprint density at radius 1 is 1.16 bits per heavy atom. The summed E-state index contributed by atoms with van der Waals surface area (Å²) in [5.74, 6) is 1.52. The van der Waals surface area contributed by atoms with Crippen LogP contribution in [0.4, 0.5) is 0 Å². The number of benzene rings is 1. The minimum absolute atomic E-state index is 0.120. The van der Waals surface area contributed by atoms with Gasteiger partial charge in [0.1, 0.15) is 11.5 Å². The number of carbonyl (C=O) groups is 1. The first-order chi connectivity index (χ1) is 12.1. The maximum absolute atomic E-state index is 12.7. The Morgan fingerprint density at radius 3 is 2.52 bits per heavy atom. The number of hydrogen-bond acceptors (Lipinski definition) is 5. The lowest BCUT2D eigenvalue weighted by Gasteiger charge is -2.39. The first kappa shape index (κ1) is 18.0. The minimum atomic E-state index is -0.203. The van der Waals surface area contributed by atoms with Gasteiger partial charge in [-0.05, 0) is 25.3 Å². The van der Waals surface area contributed by atoms with Gasteiger partial charge < -0.3 is 19.5 Å². The van der Waals surface area contributed by atoms with E-state index in [-0.39, 0.29) is 18.1 Å². The number of methoxy groups -OCH3 is 2. The molecule has 1 aliphatic carbocycles. The van der Waals surface area contributed by atoms with Crippen LogP contribution in [0.15, 0.2) is 18.2 Å². The van der Waals surface area contributed by atoms with Gasteiger partial charge in [0.2, 0.25) is 5.91 Å². The summed E-state index contributed by atoms with van der Waals surface area (Å²) < 4.78 is 10.6. The molecule has 6 heteroatoms. The van der Waals surface area contributed by atoms with Crippen LogP contribution in [0.5, 0.6) is 11.5 Å². The Labute approximate surface area is 149 Å². The highest BCUT2D eigenvalue weighted by molar-refractivity contribution is 5.79. The number of amides is 1. The molecule has 2 atom stereocenters. The van der Waals surface area contributed by atoms with Crippen LogP contribution in [-0.2, 0) is 11.2 Å². The highest BCUT2D eigenvalue weighted by atomic mass is 16.5. The largest absolute Gasteiger partial charge is 0.497 e. The lowest BCUT2D eigenvalue weighted by atomic mass is 10.1. The van der Waals surface area contributed by atoms with E-state index >= 15 is 0 Å². The van der Waals surface area contributed by atoms with E-state index in [9.17, 15) is 9.90 Å². The SMILES string of the molecule is COc1ccc(CC(=O)N2CCN([C@@H]3CCC[C@H]3O)CC2)c(OC)c1. The van der Waals surface area contributed by atoms with Crippen LogP contribution in [0.25, 0.3) is 0 Å². The lowest BCUT2D eigenvalue weighted by Crippen LogP contribution is -2.53. The third-order valence-electron chi connectivity index (χ3n) is 5.42. The van der Waals surface area contributed by atoms with Crippen LogP contribution in [-0.4, -0.2) is 73.4 Å². The summed E-state index contributed by atoms with van der Waals surface area (Å²) in [4.78, 5) is 16.9. The molecule has 1 saturated carbocycles. The van der Waals surface area contributed by atoms with Gasteiger partial charge in [0.25, 0.3) is 0 Å². The summed E-state index contributed by atoms with van der Waals surface area (Å²) in [5, 5.41) is 10.1. The number of rotatable bonds is 5. The van der Waals surface area contributed by atoms with Crippen LogP contribution in [0.2, 0.25) is 0 Å². The quantitative estimate of drug-likeness (QED) is 0.869. The maximum atomic E-state index is 12.7. The molecule has 3 rings (SSSR count). The van der Waals surface area contributed by atoms with Crippen LogP contribution >= 0.6 is 0 Å². The molecule has 25 heavy (non-hydrogen) atoms. The van der Waals surface area contributed by atoms with Crippen LogP contribution in [0.3, 0.4) is 0 Å². The average molecular weight is 348 g/mol. The zero-order valence-electron chi connectivity index (χ0n) is 15.1. The number of aliphatic hydroxyl groups excluding tert-OH is 1. The fourth-order valence-electron chi connectivity index (χ4n) is 3.92. The Kier molecular flexibility index (Phi) is 5.81. The van der Waals surface area contributed by atoms with Crippen molar-refractivity contribution in [1.29, 1.82) is 0 Å². The van der Waals surface area contributed by atoms with E-state index in [0.717, 1.165) is 56.8 Å². The molecule has 2 aliphatic rings. The number of nitrogens with zero attached hydrogens (tertiary/aromatic N) is 2. The van der Waals surface area contributed by atoms with Crippen molar-refractivity contribution in [3.63, 3.8) is 0 Å². The highest BCUT2D eigenvalue weighted by Crippen LogP contribution is 2.27. The second kappa shape index (κ2) is 8.06. The van der Waals surface area contributed by atoms with Crippen molar-refractivity contribution in [1.82, 2.24) is 9.80 Å². The number of hydrogen-bond donors (Lipinski definition) is 1. The molecule has 1 aliphatic heterocycles. The second-order valence-corrected chi connectivity index (χ2v) is 6.84. The third kappa shape index (κ3) is 4.07. The van der Waals surface area contributed by atoms with E-state index in [0.29, 0.717) is 12.2 Å². The summed E-state index contributed by atoms with van der Waals surface area (Å²) in [7, 11) is 3.22. The maximum Gasteiger partial charge on any atom is 0.227 e. The van der Waals surface area contributed by atoms with Crippen molar-refractivity contribution >= 4 is 5.91 Å². The predicted molar refractivity (Wildman–Crippen MR) is 95.0 cm³/mol. The van der Waals surface area contributed by atoms with E-state index < -0.39 is 0 Å². The third-order valence-corrected chi connectivity index (χ3v) is 5.42. The monoisotopic (exact) mass is 348 g/mol. The molecule has 138 valence electrons. The molecule has 0 aromatic heterocycles. The molecule has 6 nitrogen and oxygen atoms in total. The van der Waals surface area contributed by atoms with Gasteiger partial charge in [-0.2, -0.15) is 0 Å². The van der Waals surface area contributed by atoms with E-state index in [2.05, 4.69) is 4.90 Å². The lowest BCUT2D eigenvalue weighted by molar-refractivity contribution is -0.132. The molecule has 2 fully saturated rings. The smallest absolute Gasteiger partial charge is 0.227 e. The molecule has 1 N–H and O–H groups in total. The highest BCUT2D eigenvalue weighted by Gasteiger charge is 2.33. The van der Waals surface area contributed by atoms with Crippen molar-refractivity contribution in [2.45, 2.75) is 37.8 Å². The fourth-order valence-corrected chi connectivity index (χ4v) is 3.92. The fraction of sp³-hybridized carbons (Fsp3) is 0.632. The van der Waals surface area contributed by atoms with Gasteiger partial charge in [-0.1, -0.05) is 6.07 Å². The van der Waals surface area contributed by atoms with Crippen LogP contribution in [0.1, 0.15) is 24.8 Å². The van der Waals surface area contributed by atoms with E-state index in [1.807, 2.05) is 23.1 Å². The van der Waals surface area contributed by atoms with E-state index in [4.69, 9.17) is 9.47 Å². The molecular weight excluding hydrogens is 320 g/mol. The van der Waals surface area contributed by atoms with Crippen molar-refractivity contribution < 1.29 is 19.4 Å². The Balaban J connectivity index is 1.56. The van der Waals surface area contributed by atoms with Crippen LogP contribution < -0.4 is 9.47 Å². The summed E-state index contributed by atoms with van der Waals surface area (Å²) in [6.07, 6.45) is 3.20. The minimum Gasteiger partial charge on any atom is -0.497 e. The zero-order chi connectivity index (χ0) is 17.8. The van der Waals surface area contributed by atoms with Crippen molar-refractivity contribution in [2.24, 2.45) is 0 Å².